The van der Waals surface area contributed by atoms with E-state index in [2.05, 4.69) is 17.2 Å². The van der Waals surface area contributed by atoms with E-state index in [4.69, 9.17) is 0 Å². The first-order chi connectivity index (χ1) is 15.4. The molecule has 1 fully saturated rings. The Hall–Kier alpha value is -2.81. The van der Waals surface area contributed by atoms with Gasteiger partial charge in [0.15, 0.2) is 5.13 Å². The molecule has 5 rings (SSSR count). The van der Waals surface area contributed by atoms with Crippen molar-refractivity contribution in [1.82, 2.24) is 9.29 Å². The molecule has 6 nitrogen and oxygen atoms in total. The first kappa shape index (κ1) is 21.1. The van der Waals surface area contributed by atoms with Crippen molar-refractivity contribution in [3.63, 3.8) is 0 Å². The monoisotopic (exact) mass is 465 g/mol. The summed E-state index contributed by atoms with van der Waals surface area (Å²) < 4.78 is 28.4. The van der Waals surface area contributed by atoms with Gasteiger partial charge in [-0.15, -0.1) is 0 Å². The number of aromatic nitrogens is 1. The largest absolute Gasteiger partial charge is 0.298 e. The van der Waals surface area contributed by atoms with E-state index in [0.29, 0.717) is 29.7 Å². The second kappa shape index (κ2) is 8.27. The topological polar surface area (TPSA) is 79.4 Å². The number of carbonyl (C=O) groups is 1. The summed E-state index contributed by atoms with van der Waals surface area (Å²) in [7, 11) is -3.54. The minimum atomic E-state index is -3.54. The summed E-state index contributed by atoms with van der Waals surface area (Å²) in [6.45, 7) is 3.15. The van der Waals surface area contributed by atoms with Crippen LogP contribution in [0.1, 0.15) is 30.1 Å². The van der Waals surface area contributed by atoms with Gasteiger partial charge < -0.3 is 0 Å². The highest BCUT2D eigenvalue weighted by Crippen LogP contribution is 2.33. The molecule has 1 aromatic heterocycles. The molecular formula is C24H23N3O3S2. The molecule has 0 unspecified atom stereocenters. The molecule has 2 heterocycles. The van der Waals surface area contributed by atoms with Gasteiger partial charge in [0.1, 0.15) is 0 Å². The number of hydrogen-bond acceptors (Lipinski definition) is 5. The molecule has 3 aromatic carbocycles. The van der Waals surface area contributed by atoms with E-state index in [0.717, 1.165) is 33.8 Å². The number of nitrogens with zero attached hydrogens (tertiary/aromatic N) is 2. The summed E-state index contributed by atoms with van der Waals surface area (Å²) in [6.07, 6.45) is 1.92. The number of hydrogen-bond donors (Lipinski definition) is 1. The number of piperidine rings is 1. The fourth-order valence-electron chi connectivity index (χ4n) is 4.17. The zero-order valence-electron chi connectivity index (χ0n) is 17.6. The SMILES string of the molecule is C[C@@H]1CCCN(S(=O)(=O)c2ccc(C(=O)Nc3nc4ccc5ccccc5c4s3)cc2)C1. The van der Waals surface area contributed by atoms with Crippen molar-refractivity contribution in [3.05, 3.63) is 66.2 Å². The van der Waals surface area contributed by atoms with Crippen molar-refractivity contribution in [2.24, 2.45) is 5.92 Å². The first-order valence-corrected chi connectivity index (χ1v) is 12.9. The van der Waals surface area contributed by atoms with Crippen molar-refractivity contribution in [2.75, 3.05) is 18.4 Å². The molecule has 1 saturated heterocycles. The van der Waals surface area contributed by atoms with Gasteiger partial charge in [-0.3, -0.25) is 10.1 Å². The fraction of sp³-hybridized carbons (Fsp3) is 0.250. The van der Waals surface area contributed by atoms with Crippen LogP contribution in [0.4, 0.5) is 5.13 Å². The molecule has 0 spiro atoms. The lowest BCUT2D eigenvalue weighted by molar-refractivity contribution is 0.102. The number of nitrogens with one attached hydrogen (secondary N) is 1. The van der Waals surface area contributed by atoms with Crippen LogP contribution in [0.25, 0.3) is 21.0 Å². The van der Waals surface area contributed by atoms with Crippen LogP contribution in [-0.2, 0) is 10.0 Å². The molecule has 0 saturated carbocycles. The van der Waals surface area contributed by atoms with Crippen molar-refractivity contribution >= 4 is 53.4 Å². The Balaban J connectivity index is 1.35. The molecule has 1 atom stereocenters. The summed E-state index contributed by atoms with van der Waals surface area (Å²) in [5, 5.41) is 5.59. The van der Waals surface area contributed by atoms with Gasteiger partial charge in [0.2, 0.25) is 10.0 Å². The molecule has 1 amide bonds. The van der Waals surface area contributed by atoms with Gasteiger partial charge in [-0.05, 0) is 54.5 Å². The Morgan fingerprint density at radius 2 is 1.88 bits per heavy atom. The van der Waals surface area contributed by atoms with Gasteiger partial charge in [-0.25, -0.2) is 13.4 Å². The summed E-state index contributed by atoms with van der Waals surface area (Å²) in [5.74, 6) is 0.0402. The number of amides is 1. The van der Waals surface area contributed by atoms with Gasteiger partial charge in [0, 0.05) is 24.0 Å². The second-order valence-electron chi connectivity index (χ2n) is 8.24. The van der Waals surface area contributed by atoms with Crippen molar-refractivity contribution in [1.29, 1.82) is 0 Å². The number of thiazole rings is 1. The molecular weight excluding hydrogens is 442 g/mol. The van der Waals surface area contributed by atoms with E-state index in [1.54, 1.807) is 16.4 Å². The van der Waals surface area contributed by atoms with Gasteiger partial charge in [-0.1, -0.05) is 48.6 Å². The van der Waals surface area contributed by atoms with Gasteiger partial charge >= 0.3 is 0 Å². The minimum absolute atomic E-state index is 0.217. The summed E-state index contributed by atoms with van der Waals surface area (Å²) >= 11 is 1.43. The molecule has 4 aromatic rings. The highest BCUT2D eigenvalue weighted by Gasteiger charge is 2.28. The maximum Gasteiger partial charge on any atom is 0.257 e. The summed E-state index contributed by atoms with van der Waals surface area (Å²) in [4.78, 5) is 17.5. The first-order valence-electron chi connectivity index (χ1n) is 10.6. The third kappa shape index (κ3) is 3.90. The molecule has 1 N–H and O–H groups in total. The molecule has 8 heteroatoms. The zero-order chi connectivity index (χ0) is 22.3. The van der Waals surface area contributed by atoms with Crippen LogP contribution in [0.3, 0.4) is 0 Å². The van der Waals surface area contributed by atoms with Crippen molar-refractivity contribution in [3.8, 4) is 0 Å². The average molecular weight is 466 g/mol. The van der Waals surface area contributed by atoms with Crippen LogP contribution in [0.5, 0.6) is 0 Å². The number of anilines is 1. The smallest absolute Gasteiger partial charge is 0.257 e. The average Bonchev–Trinajstić information content (AvgIpc) is 3.22. The van der Waals surface area contributed by atoms with Crippen LogP contribution in [-0.4, -0.2) is 36.7 Å². The number of sulfonamides is 1. The minimum Gasteiger partial charge on any atom is -0.298 e. The lowest BCUT2D eigenvalue weighted by Gasteiger charge is -2.30. The number of rotatable bonds is 4. The highest BCUT2D eigenvalue weighted by atomic mass is 32.2. The predicted molar refractivity (Wildman–Crippen MR) is 129 cm³/mol. The zero-order valence-corrected chi connectivity index (χ0v) is 19.2. The molecule has 164 valence electrons. The van der Waals surface area contributed by atoms with Crippen LogP contribution < -0.4 is 5.32 Å². The molecule has 0 radical (unpaired) electrons. The van der Waals surface area contributed by atoms with Crippen LogP contribution in [0.2, 0.25) is 0 Å². The van der Waals surface area contributed by atoms with Crippen LogP contribution in [0, 0.1) is 5.92 Å². The molecule has 0 aliphatic carbocycles. The van der Waals surface area contributed by atoms with Crippen LogP contribution >= 0.6 is 11.3 Å². The summed E-state index contributed by atoms with van der Waals surface area (Å²) in [6, 6.07) is 18.2. The number of benzene rings is 3. The van der Waals surface area contributed by atoms with E-state index in [9.17, 15) is 13.2 Å². The Morgan fingerprint density at radius 3 is 2.66 bits per heavy atom. The normalized spacial score (nSPS) is 17.6. The predicted octanol–water partition coefficient (Wildman–Crippen LogP) is 5.12. The second-order valence-corrected chi connectivity index (χ2v) is 11.2. The van der Waals surface area contributed by atoms with E-state index < -0.39 is 10.0 Å². The van der Waals surface area contributed by atoms with Gasteiger partial charge in [-0.2, -0.15) is 4.31 Å². The molecule has 32 heavy (non-hydrogen) atoms. The van der Waals surface area contributed by atoms with Crippen LogP contribution in [0.15, 0.2) is 65.6 Å². The van der Waals surface area contributed by atoms with Crippen molar-refractivity contribution in [2.45, 2.75) is 24.7 Å². The van der Waals surface area contributed by atoms with Gasteiger partial charge in [0.05, 0.1) is 15.1 Å². The van der Waals surface area contributed by atoms with E-state index in [1.165, 1.54) is 23.5 Å². The lowest BCUT2D eigenvalue weighted by atomic mass is 10.0. The van der Waals surface area contributed by atoms with E-state index >= 15 is 0 Å². The van der Waals surface area contributed by atoms with Crippen molar-refractivity contribution < 1.29 is 13.2 Å². The standard InChI is InChI=1S/C24H23N3O3S2/c1-16-5-4-14-27(15-16)32(29,30)19-11-8-18(9-12-19)23(28)26-24-25-21-13-10-17-6-2-3-7-20(17)22(21)31-24/h2-3,6-13,16H,4-5,14-15H2,1H3,(H,25,26,28)/t16-/m1/s1. The third-order valence-electron chi connectivity index (χ3n) is 5.87. The Kier molecular flexibility index (Phi) is 5.44. The van der Waals surface area contributed by atoms with E-state index in [1.807, 2.05) is 36.4 Å². The molecule has 0 bridgehead atoms. The fourth-order valence-corrected chi connectivity index (χ4v) is 6.76. The van der Waals surface area contributed by atoms with Gasteiger partial charge in [0.25, 0.3) is 5.91 Å². The summed E-state index contributed by atoms with van der Waals surface area (Å²) in [5.41, 5.74) is 1.22. The maximum absolute atomic E-state index is 12.9. The number of carbonyl (C=O) groups excluding carboxylic acids is 1. The van der Waals surface area contributed by atoms with E-state index in [-0.39, 0.29) is 10.8 Å². The lowest BCUT2D eigenvalue weighted by Crippen LogP contribution is -2.39. The maximum atomic E-state index is 12.9. The quantitative estimate of drug-likeness (QED) is 0.454. The Labute approximate surface area is 190 Å². The Morgan fingerprint density at radius 1 is 1.09 bits per heavy atom. The Bertz CT molecular complexity index is 1410. The molecule has 1 aliphatic heterocycles. The third-order valence-corrected chi connectivity index (χ3v) is 8.77. The highest BCUT2D eigenvalue weighted by molar-refractivity contribution is 7.89. The molecule has 1 aliphatic rings. The number of fused-ring (bicyclic) bond motifs is 3.